The maximum atomic E-state index is 5.96. The first-order chi connectivity index (χ1) is 7.67. The Morgan fingerprint density at radius 2 is 2.31 bits per heavy atom. The van der Waals surface area contributed by atoms with Crippen LogP contribution < -0.4 is 5.32 Å². The molecule has 3 rings (SSSR count). The standard InChI is InChI=1S/C12H14ClN3/c1-12(4-5-14-7-12)11-15-9-3-2-8(13)6-10(9)16-11/h2-3,6,14H,4-5,7H2,1H3,(H,15,16). The van der Waals surface area contributed by atoms with Gasteiger partial charge in [0.2, 0.25) is 0 Å². The van der Waals surface area contributed by atoms with E-state index in [0.29, 0.717) is 0 Å². The smallest absolute Gasteiger partial charge is 0.114 e. The molecule has 1 unspecified atom stereocenters. The molecule has 4 heteroatoms. The molecule has 1 saturated heterocycles. The molecule has 2 N–H and O–H groups in total. The van der Waals surface area contributed by atoms with Crippen molar-refractivity contribution in [2.24, 2.45) is 0 Å². The predicted molar refractivity (Wildman–Crippen MR) is 65.9 cm³/mol. The van der Waals surface area contributed by atoms with Gasteiger partial charge in [-0.2, -0.15) is 0 Å². The highest BCUT2D eigenvalue weighted by molar-refractivity contribution is 6.31. The summed E-state index contributed by atoms with van der Waals surface area (Å²) in [5.74, 6) is 1.06. The van der Waals surface area contributed by atoms with E-state index in [1.54, 1.807) is 0 Å². The molecule has 2 aromatic rings. The summed E-state index contributed by atoms with van der Waals surface area (Å²) in [5, 5.41) is 4.13. The minimum absolute atomic E-state index is 0.130. The minimum atomic E-state index is 0.130. The van der Waals surface area contributed by atoms with Crippen molar-refractivity contribution in [3.63, 3.8) is 0 Å². The normalized spacial score (nSPS) is 25.4. The lowest BCUT2D eigenvalue weighted by molar-refractivity contribution is 0.496. The summed E-state index contributed by atoms with van der Waals surface area (Å²) < 4.78 is 0. The molecule has 0 saturated carbocycles. The van der Waals surface area contributed by atoms with E-state index < -0.39 is 0 Å². The van der Waals surface area contributed by atoms with Crippen molar-refractivity contribution >= 4 is 22.6 Å². The lowest BCUT2D eigenvalue weighted by Gasteiger charge is -2.18. The molecule has 0 bridgehead atoms. The number of aromatic amines is 1. The van der Waals surface area contributed by atoms with Crippen molar-refractivity contribution < 1.29 is 0 Å². The van der Waals surface area contributed by atoms with E-state index in [0.717, 1.165) is 41.4 Å². The molecule has 1 aromatic carbocycles. The van der Waals surface area contributed by atoms with Gasteiger partial charge in [-0.1, -0.05) is 18.5 Å². The predicted octanol–water partition coefficient (Wildman–Crippen LogP) is 2.47. The van der Waals surface area contributed by atoms with Crippen LogP contribution in [0.2, 0.25) is 5.02 Å². The lowest BCUT2D eigenvalue weighted by atomic mass is 9.89. The van der Waals surface area contributed by atoms with Crippen LogP contribution in [0, 0.1) is 0 Å². The molecule has 1 aromatic heterocycles. The van der Waals surface area contributed by atoms with Crippen molar-refractivity contribution in [1.82, 2.24) is 15.3 Å². The number of nitrogens with one attached hydrogen (secondary N) is 2. The minimum Gasteiger partial charge on any atom is -0.341 e. The van der Waals surface area contributed by atoms with Crippen molar-refractivity contribution in [2.45, 2.75) is 18.8 Å². The second-order valence-electron chi connectivity index (χ2n) is 4.73. The summed E-state index contributed by atoms with van der Waals surface area (Å²) in [7, 11) is 0. The lowest BCUT2D eigenvalue weighted by Crippen LogP contribution is -2.26. The van der Waals surface area contributed by atoms with Crippen molar-refractivity contribution in [3.8, 4) is 0 Å². The van der Waals surface area contributed by atoms with Gasteiger partial charge in [0.1, 0.15) is 5.82 Å². The van der Waals surface area contributed by atoms with Gasteiger partial charge in [0, 0.05) is 17.0 Å². The Hall–Kier alpha value is -1.06. The van der Waals surface area contributed by atoms with Crippen molar-refractivity contribution in [2.75, 3.05) is 13.1 Å². The molecule has 16 heavy (non-hydrogen) atoms. The van der Waals surface area contributed by atoms with Gasteiger partial charge in [-0.05, 0) is 31.2 Å². The third kappa shape index (κ3) is 1.51. The number of hydrogen-bond donors (Lipinski definition) is 2. The van der Waals surface area contributed by atoms with E-state index in [1.807, 2.05) is 18.2 Å². The van der Waals surface area contributed by atoms with Gasteiger partial charge >= 0.3 is 0 Å². The van der Waals surface area contributed by atoms with Crippen LogP contribution in [-0.4, -0.2) is 23.1 Å². The molecule has 3 nitrogen and oxygen atoms in total. The average Bonchev–Trinajstić information content (AvgIpc) is 2.84. The maximum Gasteiger partial charge on any atom is 0.114 e. The Balaban J connectivity index is 2.11. The third-order valence-corrected chi connectivity index (χ3v) is 3.62. The molecule has 84 valence electrons. The number of aromatic nitrogens is 2. The van der Waals surface area contributed by atoms with Gasteiger partial charge in [-0.25, -0.2) is 4.98 Å². The van der Waals surface area contributed by atoms with Crippen molar-refractivity contribution in [3.05, 3.63) is 29.0 Å². The van der Waals surface area contributed by atoms with E-state index in [-0.39, 0.29) is 5.41 Å². The number of H-pyrrole nitrogens is 1. The zero-order valence-corrected chi connectivity index (χ0v) is 9.93. The van der Waals surface area contributed by atoms with Gasteiger partial charge in [-0.15, -0.1) is 0 Å². The quantitative estimate of drug-likeness (QED) is 0.797. The molecular formula is C12H14ClN3. The van der Waals surface area contributed by atoms with E-state index in [9.17, 15) is 0 Å². The number of imidazole rings is 1. The summed E-state index contributed by atoms with van der Waals surface area (Å²) >= 11 is 5.96. The summed E-state index contributed by atoms with van der Waals surface area (Å²) in [6.07, 6.45) is 1.13. The maximum absolute atomic E-state index is 5.96. The van der Waals surface area contributed by atoms with Gasteiger partial charge in [0.05, 0.1) is 11.0 Å². The van der Waals surface area contributed by atoms with Crippen molar-refractivity contribution in [1.29, 1.82) is 0 Å². The van der Waals surface area contributed by atoms with Crippen LogP contribution in [0.25, 0.3) is 11.0 Å². The number of halogens is 1. The molecule has 1 fully saturated rings. The Bertz CT molecular complexity index is 526. The molecular weight excluding hydrogens is 222 g/mol. The van der Waals surface area contributed by atoms with Gasteiger partial charge < -0.3 is 10.3 Å². The second kappa shape index (κ2) is 3.47. The largest absolute Gasteiger partial charge is 0.341 e. The summed E-state index contributed by atoms with van der Waals surface area (Å²) in [5.41, 5.74) is 2.15. The summed E-state index contributed by atoms with van der Waals surface area (Å²) in [4.78, 5) is 8.04. The van der Waals surface area contributed by atoms with Gasteiger partial charge in [0.25, 0.3) is 0 Å². The molecule has 0 amide bonds. The number of nitrogens with zero attached hydrogens (tertiary/aromatic N) is 1. The highest BCUT2D eigenvalue weighted by atomic mass is 35.5. The highest BCUT2D eigenvalue weighted by Crippen LogP contribution is 2.29. The Morgan fingerprint density at radius 1 is 1.44 bits per heavy atom. The van der Waals surface area contributed by atoms with E-state index in [2.05, 4.69) is 22.2 Å². The van der Waals surface area contributed by atoms with E-state index in [4.69, 9.17) is 11.6 Å². The van der Waals surface area contributed by atoms with Crippen LogP contribution in [0.5, 0.6) is 0 Å². The second-order valence-corrected chi connectivity index (χ2v) is 5.17. The van der Waals surface area contributed by atoms with Gasteiger partial charge in [0.15, 0.2) is 0 Å². The molecule has 1 aliphatic rings. The number of fused-ring (bicyclic) bond motifs is 1. The van der Waals surface area contributed by atoms with Crippen LogP contribution >= 0.6 is 11.6 Å². The van der Waals surface area contributed by atoms with E-state index >= 15 is 0 Å². The van der Waals surface area contributed by atoms with Crippen LogP contribution in [0.3, 0.4) is 0 Å². The number of benzene rings is 1. The molecule has 1 atom stereocenters. The Labute approximate surface area is 99.2 Å². The third-order valence-electron chi connectivity index (χ3n) is 3.38. The molecule has 2 heterocycles. The topological polar surface area (TPSA) is 40.7 Å². The molecule has 0 radical (unpaired) electrons. The summed E-state index contributed by atoms with van der Waals surface area (Å²) in [6.45, 7) is 4.29. The molecule has 0 spiro atoms. The van der Waals surface area contributed by atoms with Gasteiger partial charge in [-0.3, -0.25) is 0 Å². The Kier molecular flexibility index (Phi) is 2.19. The fraction of sp³-hybridized carbons (Fsp3) is 0.417. The van der Waals surface area contributed by atoms with Crippen LogP contribution in [0.4, 0.5) is 0 Å². The van der Waals surface area contributed by atoms with Crippen LogP contribution in [0.15, 0.2) is 18.2 Å². The van der Waals surface area contributed by atoms with E-state index in [1.165, 1.54) is 0 Å². The first-order valence-electron chi connectivity index (χ1n) is 5.54. The first kappa shape index (κ1) is 10.1. The monoisotopic (exact) mass is 235 g/mol. The zero-order valence-electron chi connectivity index (χ0n) is 9.18. The fourth-order valence-electron chi connectivity index (χ4n) is 2.29. The van der Waals surface area contributed by atoms with Crippen LogP contribution in [0.1, 0.15) is 19.2 Å². The summed E-state index contributed by atoms with van der Waals surface area (Å²) in [6, 6.07) is 5.77. The molecule has 1 aliphatic heterocycles. The zero-order chi connectivity index (χ0) is 11.2. The fourth-order valence-corrected chi connectivity index (χ4v) is 2.46. The highest BCUT2D eigenvalue weighted by Gasteiger charge is 2.33. The number of hydrogen-bond acceptors (Lipinski definition) is 2. The Morgan fingerprint density at radius 3 is 3.06 bits per heavy atom. The SMILES string of the molecule is CC1(c2nc3ccc(Cl)cc3[nH]2)CCNC1. The van der Waals surface area contributed by atoms with Crippen LogP contribution in [-0.2, 0) is 5.41 Å². The first-order valence-corrected chi connectivity index (χ1v) is 5.92. The average molecular weight is 236 g/mol. The number of rotatable bonds is 1. The molecule has 0 aliphatic carbocycles.